The molecule has 126 valence electrons. The second kappa shape index (κ2) is 7.57. The first-order chi connectivity index (χ1) is 12.2. The van der Waals surface area contributed by atoms with E-state index in [2.05, 4.69) is 15.6 Å². The van der Waals surface area contributed by atoms with E-state index in [0.717, 1.165) is 17.7 Å². The quantitative estimate of drug-likeness (QED) is 0.705. The van der Waals surface area contributed by atoms with Crippen LogP contribution in [-0.2, 0) is 6.42 Å². The van der Waals surface area contributed by atoms with E-state index in [0.29, 0.717) is 16.9 Å². The summed E-state index contributed by atoms with van der Waals surface area (Å²) in [6.07, 6.45) is 3.91. The molecule has 2 N–H and O–H groups in total. The number of nitrogens with zero attached hydrogens (tertiary/aromatic N) is 1. The number of aryl methyl sites for hydroxylation is 1. The van der Waals surface area contributed by atoms with E-state index in [1.54, 1.807) is 24.4 Å². The summed E-state index contributed by atoms with van der Waals surface area (Å²) in [5.74, 6) is -0.570. The van der Waals surface area contributed by atoms with Gasteiger partial charge in [-0.05, 0) is 42.3 Å². The Morgan fingerprint density at radius 2 is 1.88 bits per heavy atom. The molecule has 25 heavy (non-hydrogen) atoms. The molecule has 0 saturated heterocycles. The highest BCUT2D eigenvalue weighted by atomic mass is 19.1. The van der Waals surface area contributed by atoms with Gasteiger partial charge in [0.2, 0.25) is 0 Å². The lowest BCUT2D eigenvalue weighted by Gasteiger charge is -2.11. The van der Waals surface area contributed by atoms with Crippen LogP contribution in [0.1, 0.15) is 22.8 Å². The van der Waals surface area contributed by atoms with Crippen molar-refractivity contribution in [3.8, 4) is 0 Å². The summed E-state index contributed by atoms with van der Waals surface area (Å²) in [6.45, 7) is 2.04. The van der Waals surface area contributed by atoms with Crippen LogP contribution in [0.5, 0.6) is 0 Å². The maximum absolute atomic E-state index is 13.3. The highest BCUT2D eigenvalue weighted by molar-refractivity contribution is 6.05. The predicted molar refractivity (Wildman–Crippen MR) is 97.7 cm³/mol. The molecular weight excluding hydrogens is 317 g/mol. The van der Waals surface area contributed by atoms with E-state index in [1.807, 2.05) is 31.2 Å². The normalized spacial score (nSPS) is 10.3. The van der Waals surface area contributed by atoms with Crippen LogP contribution < -0.4 is 10.6 Å². The summed E-state index contributed by atoms with van der Waals surface area (Å²) >= 11 is 0. The number of anilines is 3. The monoisotopic (exact) mass is 335 g/mol. The third-order valence-corrected chi connectivity index (χ3v) is 3.76. The van der Waals surface area contributed by atoms with Gasteiger partial charge in [0, 0.05) is 17.6 Å². The largest absolute Gasteiger partial charge is 0.354 e. The lowest BCUT2D eigenvalue weighted by atomic mass is 10.1. The molecule has 2 aromatic carbocycles. The summed E-state index contributed by atoms with van der Waals surface area (Å²) in [7, 11) is 0. The number of hydrogen-bond donors (Lipinski definition) is 2. The first-order valence-corrected chi connectivity index (χ1v) is 8.02. The van der Waals surface area contributed by atoms with Crippen molar-refractivity contribution < 1.29 is 9.18 Å². The number of carbonyl (C=O) groups excluding carboxylic acids is 1. The Morgan fingerprint density at radius 3 is 2.68 bits per heavy atom. The molecule has 1 heterocycles. The summed E-state index contributed by atoms with van der Waals surface area (Å²) in [6, 6.07) is 15.5. The van der Waals surface area contributed by atoms with Crippen molar-refractivity contribution >= 4 is 23.0 Å². The van der Waals surface area contributed by atoms with Gasteiger partial charge in [-0.25, -0.2) is 4.39 Å². The molecule has 1 aromatic heterocycles. The molecule has 5 heteroatoms. The minimum Gasteiger partial charge on any atom is -0.354 e. The third kappa shape index (κ3) is 4.20. The van der Waals surface area contributed by atoms with Crippen molar-refractivity contribution in [3.63, 3.8) is 0 Å². The molecule has 0 fully saturated rings. The number of pyridine rings is 1. The fourth-order valence-electron chi connectivity index (χ4n) is 2.51. The Morgan fingerprint density at radius 1 is 1.04 bits per heavy atom. The van der Waals surface area contributed by atoms with Crippen molar-refractivity contribution in [1.29, 1.82) is 0 Å². The summed E-state index contributed by atoms with van der Waals surface area (Å²) < 4.78 is 13.3. The van der Waals surface area contributed by atoms with E-state index >= 15 is 0 Å². The Hall–Kier alpha value is -3.21. The average Bonchev–Trinajstić information content (AvgIpc) is 2.62. The zero-order chi connectivity index (χ0) is 17.6. The van der Waals surface area contributed by atoms with Crippen molar-refractivity contribution in [3.05, 3.63) is 83.9 Å². The predicted octanol–water partition coefficient (Wildman–Crippen LogP) is 4.78. The van der Waals surface area contributed by atoms with Gasteiger partial charge in [0.15, 0.2) is 0 Å². The zero-order valence-electron chi connectivity index (χ0n) is 13.8. The number of amides is 1. The minimum atomic E-state index is -0.331. The van der Waals surface area contributed by atoms with Gasteiger partial charge in [0.25, 0.3) is 5.91 Å². The Balaban J connectivity index is 1.77. The molecule has 0 radical (unpaired) electrons. The SMILES string of the molecule is CCc1ccccc1NC(=O)c1cncc(Nc2cccc(F)c2)c1. The molecule has 4 nitrogen and oxygen atoms in total. The number of benzene rings is 2. The molecule has 0 aliphatic rings. The fraction of sp³-hybridized carbons (Fsp3) is 0.100. The first kappa shape index (κ1) is 16.6. The molecule has 3 aromatic rings. The van der Waals surface area contributed by atoms with Gasteiger partial charge in [-0.2, -0.15) is 0 Å². The number of aromatic nitrogens is 1. The van der Waals surface area contributed by atoms with Gasteiger partial charge < -0.3 is 10.6 Å². The molecule has 0 saturated carbocycles. The van der Waals surface area contributed by atoms with E-state index in [-0.39, 0.29) is 11.7 Å². The van der Waals surface area contributed by atoms with Crippen LogP contribution in [0.15, 0.2) is 67.0 Å². The second-order valence-electron chi connectivity index (χ2n) is 5.56. The van der Waals surface area contributed by atoms with Crippen LogP contribution in [-0.4, -0.2) is 10.9 Å². The molecule has 0 bridgehead atoms. The molecule has 0 unspecified atom stereocenters. The van der Waals surface area contributed by atoms with Gasteiger partial charge in [0.1, 0.15) is 5.82 Å². The molecular formula is C20H18FN3O. The highest BCUT2D eigenvalue weighted by Gasteiger charge is 2.10. The number of rotatable bonds is 5. The van der Waals surface area contributed by atoms with Crippen LogP contribution in [0.25, 0.3) is 0 Å². The maximum Gasteiger partial charge on any atom is 0.257 e. The second-order valence-corrected chi connectivity index (χ2v) is 5.56. The molecule has 1 amide bonds. The van der Waals surface area contributed by atoms with Gasteiger partial charge >= 0.3 is 0 Å². The Labute approximate surface area is 145 Å². The number of para-hydroxylation sites is 1. The van der Waals surface area contributed by atoms with Crippen LogP contribution in [0, 0.1) is 5.82 Å². The summed E-state index contributed by atoms with van der Waals surface area (Å²) in [5.41, 5.74) is 3.49. The van der Waals surface area contributed by atoms with Gasteiger partial charge in [-0.3, -0.25) is 9.78 Å². The van der Waals surface area contributed by atoms with Crippen LogP contribution in [0.2, 0.25) is 0 Å². The molecule has 0 aliphatic carbocycles. The Bertz CT molecular complexity index is 895. The lowest BCUT2D eigenvalue weighted by molar-refractivity contribution is 0.102. The van der Waals surface area contributed by atoms with Crippen LogP contribution >= 0.6 is 0 Å². The highest BCUT2D eigenvalue weighted by Crippen LogP contribution is 2.20. The minimum absolute atomic E-state index is 0.240. The number of hydrogen-bond acceptors (Lipinski definition) is 3. The zero-order valence-corrected chi connectivity index (χ0v) is 13.8. The smallest absolute Gasteiger partial charge is 0.257 e. The summed E-state index contributed by atoms with van der Waals surface area (Å²) in [4.78, 5) is 16.6. The Kier molecular flexibility index (Phi) is 5.04. The molecule has 0 atom stereocenters. The molecule has 3 rings (SSSR count). The van der Waals surface area contributed by atoms with Crippen molar-refractivity contribution in [2.24, 2.45) is 0 Å². The lowest BCUT2D eigenvalue weighted by Crippen LogP contribution is -2.13. The van der Waals surface area contributed by atoms with Crippen LogP contribution in [0.4, 0.5) is 21.5 Å². The van der Waals surface area contributed by atoms with Crippen molar-refractivity contribution in [1.82, 2.24) is 4.98 Å². The molecule has 0 aliphatic heterocycles. The van der Waals surface area contributed by atoms with E-state index in [9.17, 15) is 9.18 Å². The standard InChI is InChI=1S/C20H18FN3O/c1-2-14-6-3-4-9-19(14)24-20(25)15-10-18(13-22-12-15)23-17-8-5-7-16(21)11-17/h3-13,23H,2H2,1H3,(H,24,25). The van der Waals surface area contributed by atoms with Gasteiger partial charge in [-0.15, -0.1) is 0 Å². The number of carbonyl (C=O) groups is 1. The maximum atomic E-state index is 13.3. The van der Waals surface area contributed by atoms with E-state index in [1.165, 1.54) is 18.3 Å². The van der Waals surface area contributed by atoms with Gasteiger partial charge in [-0.1, -0.05) is 31.2 Å². The number of nitrogens with one attached hydrogen (secondary N) is 2. The topological polar surface area (TPSA) is 54.0 Å². The molecule has 0 spiro atoms. The van der Waals surface area contributed by atoms with Gasteiger partial charge in [0.05, 0.1) is 17.4 Å². The van der Waals surface area contributed by atoms with Crippen molar-refractivity contribution in [2.75, 3.05) is 10.6 Å². The average molecular weight is 335 g/mol. The number of halogens is 1. The van der Waals surface area contributed by atoms with E-state index < -0.39 is 0 Å². The third-order valence-electron chi connectivity index (χ3n) is 3.76. The van der Waals surface area contributed by atoms with E-state index in [4.69, 9.17) is 0 Å². The first-order valence-electron chi connectivity index (χ1n) is 8.02. The van der Waals surface area contributed by atoms with Crippen LogP contribution in [0.3, 0.4) is 0 Å². The van der Waals surface area contributed by atoms with Crippen molar-refractivity contribution in [2.45, 2.75) is 13.3 Å². The summed E-state index contributed by atoms with van der Waals surface area (Å²) in [5, 5.41) is 5.96. The fourth-order valence-corrected chi connectivity index (χ4v) is 2.51.